The first-order valence-corrected chi connectivity index (χ1v) is 13.4. The van der Waals surface area contributed by atoms with Gasteiger partial charge in [0.1, 0.15) is 24.0 Å². The maximum atomic E-state index is 14.7. The van der Waals surface area contributed by atoms with Gasteiger partial charge in [0.2, 0.25) is 6.29 Å². The monoisotopic (exact) mass is 529 g/mol. The van der Waals surface area contributed by atoms with Crippen LogP contribution in [0.5, 0.6) is 5.75 Å². The van der Waals surface area contributed by atoms with Gasteiger partial charge in [-0.05, 0) is 44.1 Å². The van der Waals surface area contributed by atoms with Gasteiger partial charge >= 0.3 is 19.6 Å². The van der Waals surface area contributed by atoms with Crippen molar-refractivity contribution in [1.29, 1.82) is 0 Å². The Morgan fingerprint density at radius 3 is 2.58 bits per heavy atom. The molecule has 0 spiro atoms. The van der Waals surface area contributed by atoms with Gasteiger partial charge in [-0.15, -0.1) is 0 Å². The standard InChI is InChI=1S/C24H30F2NO8P/c1-15(22(30)32-17-10-3-2-4-11-17)27-36(31,35-23-24(25,26)21(29)20(14-28)33-23)34-19-13-7-9-16-8-5-6-12-18(16)19/h5-9,12-13,15,17,20-21,23,28-29H,2-4,10-11,14H2,1H3,(H,27,31)/t15-,20+,21+,23-,36?/m0/s1. The molecule has 5 atom stereocenters. The summed E-state index contributed by atoms with van der Waals surface area (Å²) in [6.45, 7) is 0.440. The van der Waals surface area contributed by atoms with E-state index in [2.05, 4.69) is 5.09 Å². The number of aliphatic hydroxyl groups excluding tert-OH is 2. The Kier molecular flexibility index (Phi) is 8.28. The van der Waals surface area contributed by atoms with Crippen LogP contribution in [0, 0.1) is 0 Å². The molecule has 0 radical (unpaired) electrons. The molecule has 0 aromatic heterocycles. The number of carbonyl (C=O) groups excluding carboxylic acids is 1. The largest absolute Gasteiger partial charge is 0.462 e. The van der Waals surface area contributed by atoms with Crippen molar-refractivity contribution < 1.29 is 46.9 Å². The molecule has 0 amide bonds. The van der Waals surface area contributed by atoms with Crippen molar-refractivity contribution in [1.82, 2.24) is 5.09 Å². The lowest BCUT2D eigenvalue weighted by atomic mass is 9.98. The fourth-order valence-corrected chi connectivity index (χ4v) is 5.89. The van der Waals surface area contributed by atoms with E-state index in [1.54, 1.807) is 36.4 Å². The van der Waals surface area contributed by atoms with Crippen LogP contribution in [-0.2, 0) is 23.4 Å². The summed E-state index contributed by atoms with van der Waals surface area (Å²) >= 11 is 0. The molecule has 36 heavy (non-hydrogen) atoms. The molecule has 1 aliphatic carbocycles. The van der Waals surface area contributed by atoms with Crippen LogP contribution >= 0.6 is 7.75 Å². The van der Waals surface area contributed by atoms with Crippen LogP contribution in [0.25, 0.3) is 10.8 Å². The number of alkyl halides is 2. The third-order valence-corrected chi connectivity index (χ3v) is 7.89. The number of halogens is 2. The first-order valence-electron chi connectivity index (χ1n) is 11.9. The normalized spacial score (nSPS) is 26.9. The van der Waals surface area contributed by atoms with Crippen molar-refractivity contribution >= 4 is 24.5 Å². The molecule has 2 aliphatic rings. The molecule has 2 aromatic carbocycles. The molecular weight excluding hydrogens is 499 g/mol. The third-order valence-electron chi connectivity index (χ3n) is 6.28. The van der Waals surface area contributed by atoms with Crippen LogP contribution in [0.1, 0.15) is 39.0 Å². The van der Waals surface area contributed by atoms with Crippen molar-refractivity contribution in [2.45, 2.75) is 75.6 Å². The SMILES string of the molecule is C[C@H](NP(=O)(Oc1cccc2ccccc12)O[C@@H]1O[C@H](CO)[C@@H](O)C1(F)F)C(=O)OC1CCCCC1. The molecule has 9 nitrogen and oxygen atoms in total. The highest BCUT2D eigenvalue weighted by Gasteiger charge is 2.61. The van der Waals surface area contributed by atoms with Gasteiger partial charge in [-0.3, -0.25) is 9.32 Å². The minimum absolute atomic E-state index is 0.0531. The topological polar surface area (TPSA) is 124 Å². The van der Waals surface area contributed by atoms with E-state index in [4.69, 9.17) is 18.5 Å². The summed E-state index contributed by atoms with van der Waals surface area (Å²) in [4.78, 5) is 12.7. The molecule has 2 fully saturated rings. The van der Waals surface area contributed by atoms with E-state index in [9.17, 15) is 28.4 Å². The molecule has 4 rings (SSSR count). The third kappa shape index (κ3) is 5.88. The van der Waals surface area contributed by atoms with Crippen molar-refractivity contribution in [3.63, 3.8) is 0 Å². The Balaban J connectivity index is 1.59. The van der Waals surface area contributed by atoms with E-state index < -0.39 is 50.8 Å². The number of benzene rings is 2. The maximum absolute atomic E-state index is 14.7. The molecule has 1 unspecified atom stereocenters. The molecule has 198 valence electrons. The Hall–Kier alpha value is -2.14. The fourth-order valence-electron chi connectivity index (χ4n) is 4.30. The van der Waals surface area contributed by atoms with E-state index >= 15 is 0 Å². The zero-order chi connectivity index (χ0) is 25.9. The molecule has 2 aromatic rings. The summed E-state index contributed by atoms with van der Waals surface area (Å²) < 4.78 is 64.4. The predicted octanol–water partition coefficient (Wildman–Crippen LogP) is 3.91. The number of nitrogens with one attached hydrogen (secondary N) is 1. The van der Waals surface area contributed by atoms with Crippen LogP contribution in [0.4, 0.5) is 8.78 Å². The quantitative estimate of drug-likeness (QED) is 0.328. The Labute approximate surface area is 207 Å². The van der Waals surface area contributed by atoms with Gasteiger partial charge in [-0.1, -0.05) is 42.8 Å². The molecule has 1 saturated carbocycles. The number of ether oxygens (including phenoxy) is 2. The molecule has 1 heterocycles. The van der Waals surface area contributed by atoms with Crippen LogP contribution in [-0.4, -0.2) is 59.4 Å². The van der Waals surface area contributed by atoms with E-state index in [0.29, 0.717) is 18.2 Å². The molecule has 12 heteroatoms. The highest BCUT2D eigenvalue weighted by molar-refractivity contribution is 7.52. The lowest BCUT2D eigenvalue weighted by Gasteiger charge is -2.28. The molecule has 3 N–H and O–H groups in total. The van der Waals surface area contributed by atoms with Gasteiger partial charge in [0, 0.05) is 5.39 Å². The summed E-state index contributed by atoms with van der Waals surface area (Å²) in [5.41, 5.74) is 0. The number of esters is 1. The number of carbonyl (C=O) groups is 1. The number of aliphatic hydroxyl groups is 2. The summed E-state index contributed by atoms with van der Waals surface area (Å²) in [7, 11) is -4.75. The van der Waals surface area contributed by atoms with Gasteiger partial charge in [0.25, 0.3) is 0 Å². The van der Waals surface area contributed by atoms with Gasteiger partial charge < -0.3 is 24.2 Å². The van der Waals surface area contributed by atoms with Crippen molar-refractivity contribution in [3.8, 4) is 5.75 Å². The van der Waals surface area contributed by atoms with E-state index in [1.807, 2.05) is 0 Å². The average molecular weight is 529 g/mol. The van der Waals surface area contributed by atoms with E-state index in [-0.39, 0.29) is 11.9 Å². The summed E-state index contributed by atoms with van der Waals surface area (Å²) in [6, 6.07) is 10.6. The smallest absolute Gasteiger partial charge is 0.461 e. The van der Waals surface area contributed by atoms with Crippen LogP contribution in [0.2, 0.25) is 0 Å². The van der Waals surface area contributed by atoms with Gasteiger partial charge in [-0.25, -0.2) is 4.57 Å². The van der Waals surface area contributed by atoms with Crippen LogP contribution in [0.3, 0.4) is 0 Å². The van der Waals surface area contributed by atoms with Gasteiger partial charge in [-0.2, -0.15) is 13.9 Å². The first-order chi connectivity index (χ1) is 17.1. The van der Waals surface area contributed by atoms with Gasteiger partial charge in [0.15, 0.2) is 6.10 Å². The minimum Gasteiger partial charge on any atom is -0.461 e. The molecule has 1 saturated heterocycles. The number of rotatable bonds is 9. The molecule has 1 aliphatic heterocycles. The Morgan fingerprint density at radius 1 is 1.19 bits per heavy atom. The number of hydrogen-bond donors (Lipinski definition) is 3. The number of fused-ring (bicyclic) bond motifs is 1. The second kappa shape index (κ2) is 11.1. The van der Waals surface area contributed by atoms with Crippen molar-refractivity contribution in [2.24, 2.45) is 0 Å². The van der Waals surface area contributed by atoms with E-state index in [0.717, 1.165) is 24.6 Å². The zero-order valence-electron chi connectivity index (χ0n) is 19.7. The van der Waals surface area contributed by atoms with Gasteiger partial charge in [0.05, 0.1) is 6.61 Å². The summed E-state index contributed by atoms with van der Waals surface area (Å²) in [6.07, 6.45) is -2.53. The second-order valence-electron chi connectivity index (χ2n) is 9.03. The lowest BCUT2D eigenvalue weighted by molar-refractivity contribution is -0.188. The highest BCUT2D eigenvalue weighted by atomic mass is 31.2. The average Bonchev–Trinajstić information content (AvgIpc) is 3.07. The predicted molar refractivity (Wildman–Crippen MR) is 126 cm³/mol. The Bertz CT molecular complexity index is 1110. The first kappa shape index (κ1) is 26.9. The fraction of sp³-hybridized carbons (Fsp3) is 0.542. The molecular formula is C24H30F2NO8P. The van der Waals surface area contributed by atoms with Crippen LogP contribution < -0.4 is 9.61 Å². The van der Waals surface area contributed by atoms with Crippen molar-refractivity contribution in [3.05, 3.63) is 42.5 Å². The summed E-state index contributed by atoms with van der Waals surface area (Å²) in [5, 5.41) is 22.7. The number of hydrogen-bond acceptors (Lipinski definition) is 8. The van der Waals surface area contributed by atoms with E-state index in [1.165, 1.54) is 13.0 Å². The molecule has 0 bridgehead atoms. The van der Waals surface area contributed by atoms with Crippen molar-refractivity contribution in [2.75, 3.05) is 6.61 Å². The highest BCUT2D eigenvalue weighted by Crippen LogP contribution is 2.52. The minimum atomic E-state index is -4.75. The lowest BCUT2D eigenvalue weighted by Crippen LogP contribution is -2.43. The Morgan fingerprint density at radius 2 is 1.89 bits per heavy atom. The summed E-state index contributed by atoms with van der Waals surface area (Å²) in [5.74, 6) is -4.70. The zero-order valence-corrected chi connectivity index (χ0v) is 20.6. The second-order valence-corrected chi connectivity index (χ2v) is 10.7. The maximum Gasteiger partial charge on any atom is 0.462 e. The van der Waals surface area contributed by atoms with Crippen LogP contribution in [0.15, 0.2) is 42.5 Å².